The van der Waals surface area contributed by atoms with E-state index in [-0.39, 0.29) is 36.3 Å². The maximum Gasteiger partial charge on any atom is 0.350 e. The molecule has 11 heteroatoms. The molecule has 0 saturated heterocycles. The summed E-state index contributed by atoms with van der Waals surface area (Å²) in [6.45, 7) is 2.15. The zero-order chi connectivity index (χ0) is 25.8. The summed E-state index contributed by atoms with van der Waals surface area (Å²) < 4.78 is 51.4. The van der Waals surface area contributed by atoms with Crippen molar-refractivity contribution >= 4 is 23.2 Å². The lowest BCUT2D eigenvalue weighted by Crippen LogP contribution is -2.25. The van der Waals surface area contributed by atoms with E-state index in [2.05, 4.69) is 10.4 Å². The Morgan fingerprint density at radius 2 is 1.75 bits per heavy atom. The van der Waals surface area contributed by atoms with E-state index in [1.807, 2.05) is 30.3 Å². The second kappa shape index (κ2) is 10.8. The molecule has 7 nitrogen and oxygen atoms in total. The number of hydrogen-bond donors (Lipinski definition) is 1. The summed E-state index contributed by atoms with van der Waals surface area (Å²) in [5.74, 6) is -3.97. The number of carbonyl (C=O) groups is 1. The Bertz CT molecular complexity index is 1450. The number of aromatic nitrogens is 3. The fraction of sp³-hybridized carbons (Fsp3) is 0.160. The average Bonchev–Trinajstić information content (AvgIpc) is 3.18. The first-order chi connectivity index (χ1) is 17.3. The smallest absolute Gasteiger partial charge is 0.350 e. The van der Waals surface area contributed by atoms with Crippen molar-refractivity contribution in [2.24, 2.45) is 0 Å². The first-order valence-electron chi connectivity index (χ1n) is 10.8. The van der Waals surface area contributed by atoms with E-state index in [0.717, 1.165) is 11.6 Å². The SMILES string of the molecule is CCn1c(COCc2ccccc2)nn(-c2cc(F)c(C(=O)Nc3c(F)cccc3Cl)cc2F)c1=O. The fourth-order valence-corrected chi connectivity index (χ4v) is 3.73. The summed E-state index contributed by atoms with van der Waals surface area (Å²) in [6.07, 6.45) is 0. The summed E-state index contributed by atoms with van der Waals surface area (Å²) in [5.41, 5.74) is -1.35. The number of halogens is 4. The molecule has 0 aliphatic heterocycles. The second-order valence-corrected chi connectivity index (χ2v) is 8.07. The van der Waals surface area contributed by atoms with E-state index >= 15 is 0 Å². The van der Waals surface area contributed by atoms with Gasteiger partial charge < -0.3 is 10.1 Å². The third-order valence-electron chi connectivity index (χ3n) is 5.31. The maximum absolute atomic E-state index is 15.0. The number of hydrogen-bond acceptors (Lipinski definition) is 4. The van der Waals surface area contributed by atoms with Gasteiger partial charge in [0.05, 0.1) is 22.9 Å². The number of para-hydroxylation sites is 1. The first-order valence-corrected chi connectivity index (χ1v) is 11.2. The number of nitrogens with zero attached hydrogens (tertiary/aromatic N) is 3. The molecule has 0 bridgehead atoms. The zero-order valence-electron chi connectivity index (χ0n) is 19.0. The molecule has 1 aromatic heterocycles. The molecule has 186 valence electrons. The molecule has 3 aromatic carbocycles. The van der Waals surface area contributed by atoms with Gasteiger partial charge in [-0.2, -0.15) is 4.68 Å². The highest BCUT2D eigenvalue weighted by molar-refractivity contribution is 6.34. The minimum atomic E-state index is -1.14. The second-order valence-electron chi connectivity index (χ2n) is 7.67. The lowest BCUT2D eigenvalue weighted by molar-refractivity contribution is 0.0989. The van der Waals surface area contributed by atoms with Crippen molar-refractivity contribution in [3.05, 3.63) is 111 Å². The largest absolute Gasteiger partial charge is 0.369 e. The van der Waals surface area contributed by atoms with Gasteiger partial charge in [0.25, 0.3) is 5.91 Å². The summed E-state index contributed by atoms with van der Waals surface area (Å²) in [7, 11) is 0. The van der Waals surface area contributed by atoms with Crippen molar-refractivity contribution in [3.8, 4) is 5.69 Å². The van der Waals surface area contributed by atoms with Crippen LogP contribution in [-0.2, 0) is 24.5 Å². The van der Waals surface area contributed by atoms with Crippen LogP contribution < -0.4 is 11.0 Å². The Morgan fingerprint density at radius 1 is 1.00 bits per heavy atom. The molecule has 0 unspecified atom stereocenters. The van der Waals surface area contributed by atoms with Crippen LogP contribution in [0.2, 0.25) is 5.02 Å². The quantitative estimate of drug-likeness (QED) is 0.354. The van der Waals surface area contributed by atoms with Crippen molar-refractivity contribution in [1.29, 1.82) is 0 Å². The molecule has 36 heavy (non-hydrogen) atoms. The van der Waals surface area contributed by atoms with Crippen molar-refractivity contribution < 1.29 is 22.7 Å². The van der Waals surface area contributed by atoms with Gasteiger partial charge in [-0.25, -0.2) is 18.0 Å². The van der Waals surface area contributed by atoms with Gasteiger partial charge in [0.2, 0.25) is 0 Å². The Balaban J connectivity index is 1.59. The highest BCUT2D eigenvalue weighted by Crippen LogP contribution is 2.26. The fourth-order valence-electron chi connectivity index (χ4n) is 3.52. The predicted octanol–water partition coefficient (Wildman–Crippen LogP) is 5.09. The Kier molecular flexibility index (Phi) is 7.56. The number of carbonyl (C=O) groups excluding carboxylic acids is 1. The summed E-state index contributed by atoms with van der Waals surface area (Å²) in [5, 5.41) is 6.14. The van der Waals surface area contributed by atoms with Crippen LogP contribution in [0.1, 0.15) is 28.7 Å². The van der Waals surface area contributed by atoms with Gasteiger partial charge in [-0.05, 0) is 30.7 Å². The molecule has 0 aliphatic carbocycles. The maximum atomic E-state index is 15.0. The molecule has 1 N–H and O–H groups in total. The monoisotopic (exact) mass is 516 g/mol. The van der Waals surface area contributed by atoms with Crippen molar-refractivity contribution in [3.63, 3.8) is 0 Å². The number of rotatable bonds is 8. The molecule has 1 amide bonds. The van der Waals surface area contributed by atoms with E-state index in [9.17, 15) is 22.8 Å². The van der Waals surface area contributed by atoms with Crippen molar-refractivity contribution in [2.45, 2.75) is 26.7 Å². The third-order valence-corrected chi connectivity index (χ3v) is 5.62. The molecular formula is C25H20ClF3N4O3. The van der Waals surface area contributed by atoms with E-state index < -0.39 is 40.3 Å². The van der Waals surface area contributed by atoms with Gasteiger partial charge >= 0.3 is 5.69 Å². The van der Waals surface area contributed by atoms with Gasteiger partial charge in [-0.3, -0.25) is 9.36 Å². The Morgan fingerprint density at radius 3 is 2.44 bits per heavy atom. The van der Waals surface area contributed by atoms with E-state index in [1.165, 1.54) is 16.7 Å². The van der Waals surface area contributed by atoms with Crippen LogP contribution in [0.15, 0.2) is 65.5 Å². The molecule has 0 atom stereocenters. The number of anilines is 1. The minimum Gasteiger partial charge on any atom is -0.369 e. The molecule has 1 heterocycles. The van der Waals surface area contributed by atoms with Crippen molar-refractivity contribution in [1.82, 2.24) is 14.3 Å². The van der Waals surface area contributed by atoms with Gasteiger partial charge in [0, 0.05) is 12.6 Å². The highest BCUT2D eigenvalue weighted by Gasteiger charge is 2.22. The van der Waals surface area contributed by atoms with Crippen LogP contribution in [0, 0.1) is 17.5 Å². The first kappa shape index (κ1) is 25.2. The highest BCUT2D eigenvalue weighted by atomic mass is 35.5. The van der Waals surface area contributed by atoms with Crippen LogP contribution in [0.25, 0.3) is 5.69 Å². The molecule has 0 spiro atoms. The molecule has 0 fully saturated rings. The number of benzene rings is 3. The lowest BCUT2D eigenvalue weighted by atomic mass is 10.1. The summed E-state index contributed by atoms with van der Waals surface area (Å²) >= 11 is 5.88. The van der Waals surface area contributed by atoms with Gasteiger partial charge in [-0.1, -0.05) is 48.0 Å². The van der Waals surface area contributed by atoms with Gasteiger partial charge in [0.1, 0.15) is 29.7 Å². The zero-order valence-corrected chi connectivity index (χ0v) is 19.7. The molecular weight excluding hydrogens is 497 g/mol. The standard InChI is InChI=1S/C25H20ClF3N4O3/c1-2-32-22(14-36-13-15-7-4-3-5-8-15)31-33(25(32)35)21-12-19(28)16(11-20(21)29)24(34)30-23-17(26)9-6-10-18(23)27/h3-12H,2,13-14H2,1H3,(H,30,34). The van der Waals surface area contributed by atoms with Crippen LogP contribution >= 0.6 is 11.6 Å². The summed E-state index contributed by atoms with van der Waals surface area (Å²) in [6, 6.07) is 14.4. The van der Waals surface area contributed by atoms with Gasteiger partial charge in [0.15, 0.2) is 5.82 Å². The predicted molar refractivity (Wildman–Crippen MR) is 128 cm³/mol. The average molecular weight is 517 g/mol. The molecule has 0 aliphatic rings. The van der Waals surface area contributed by atoms with Crippen LogP contribution in [0.3, 0.4) is 0 Å². The third kappa shape index (κ3) is 5.19. The van der Waals surface area contributed by atoms with Crippen LogP contribution in [0.5, 0.6) is 0 Å². The minimum absolute atomic E-state index is 0.0427. The number of ether oxygens (including phenoxy) is 1. The molecule has 4 aromatic rings. The summed E-state index contributed by atoms with van der Waals surface area (Å²) in [4.78, 5) is 25.3. The van der Waals surface area contributed by atoms with E-state index in [1.54, 1.807) is 6.92 Å². The van der Waals surface area contributed by atoms with E-state index in [4.69, 9.17) is 16.3 Å². The molecule has 0 radical (unpaired) electrons. The normalized spacial score (nSPS) is 11.0. The van der Waals surface area contributed by atoms with Crippen LogP contribution in [-0.4, -0.2) is 20.3 Å². The lowest BCUT2D eigenvalue weighted by Gasteiger charge is -2.10. The molecule has 0 saturated carbocycles. The number of nitrogens with one attached hydrogen (secondary N) is 1. The Hall–Kier alpha value is -3.89. The molecule has 4 rings (SSSR count). The topological polar surface area (TPSA) is 78.2 Å². The van der Waals surface area contributed by atoms with Crippen LogP contribution in [0.4, 0.5) is 18.9 Å². The van der Waals surface area contributed by atoms with Gasteiger partial charge in [-0.15, -0.1) is 5.10 Å². The number of amides is 1. The van der Waals surface area contributed by atoms with E-state index in [0.29, 0.717) is 16.8 Å². The van der Waals surface area contributed by atoms with Crippen molar-refractivity contribution in [2.75, 3.05) is 5.32 Å². The Labute approximate surface area is 208 Å².